The van der Waals surface area contributed by atoms with E-state index < -0.39 is 5.79 Å². The Morgan fingerprint density at radius 3 is 2.44 bits per heavy atom. The lowest BCUT2D eigenvalue weighted by Crippen LogP contribution is -2.35. The molecule has 0 spiro atoms. The predicted octanol–water partition coefficient (Wildman–Crippen LogP) is 4.04. The van der Waals surface area contributed by atoms with Gasteiger partial charge in [-0.15, -0.1) is 0 Å². The van der Waals surface area contributed by atoms with E-state index in [9.17, 15) is 4.79 Å². The first-order valence-electron chi connectivity index (χ1n) is 9.20. The molecule has 1 aliphatic carbocycles. The third-order valence-corrected chi connectivity index (χ3v) is 5.63. The molecule has 0 radical (unpaired) electrons. The van der Waals surface area contributed by atoms with Gasteiger partial charge in [0, 0.05) is 12.0 Å². The van der Waals surface area contributed by atoms with Gasteiger partial charge in [-0.1, -0.05) is 13.8 Å². The molecular formula is C20H26O5. The average Bonchev–Trinajstić information content (AvgIpc) is 3.13. The first-order chi connectivity index (χ1) is 11.9. The molecule has 4 rings (SSSR count). The summed E-state index contributed by atoms with van der Waals surface area (Å²) >= 11 is 0. The molecule has 1 saturated carbocycles. The minimum absolute atomic E-state index is 0.0752. The van der Waals surface area contributed by atoms with Gasteiger partial charge < -0.3 is 18.9 Å². The Kier molecular flexibility index (Phi) is 4.04. The number of ketones is 1. The molecule has 0 amide bonds. The lowest BCUT2D eigenvalue weighted by Gasteiger charge is -2.36. The number of ether oxygens (including phenoxy) is 4. The zero-order valence-electron chi connectivity index (χ0n) is 15.3. The number of benzene rings is 1. The highest BCUT2D eigenvalue weighted by molar-refractivity contribution is 5.98. The molecular weight excluding hydrogens is 320 g/mol. The van der Waals surface area contributed by atoms with Crippen molar-refractivity contribution < 1.29 is 23.7 Å². The Morgan fingerprint density at radius 2 is 1.76 bits per heavy atom. The van der Waals surface area contributed by atoms with Crippen LogP contribution in [0.4, 0.5) is 0 Å². The topological polar surface area (TPSA) is 54.0 Å². The zero-order valence-corrected chi connectivity index (χ0v) is 15.3. The Labute approximate surface area is 148 Å². The maximum atomic E-state index is 12.6. The molecule has 2 heterocycles. The highest BCUT2D eigenvalue weighted by atomic mass is 16.8. The lowest BCUT2D eigenvalue weighted by atomic mass is 9.72. The van der Waals surface area contributed by atoms with E-state index in [0.717, 1.165) is 29.7 Å². The van der Waals surface area contributed by atoms with Gasteiger partial charge in [0.05, 0.1) is 12.2 Å². The first-order valence-corrected chi connectivity index (χ1v) is 9.20. The first kappa shape index (κ1) is 16.9. The maximum absolute atomic E-state index is 12.6. The molecule has 4 unspecified atom stereocenters. The van der Waals surface area contributed by atoms with Crippen molar-refractivity contribution in [1.82, 2.24) is 0 Å². The van der Waals surface area contributed by atoms with E-state index in [2.05, 4.69) is 6.92 Å². The van der Waals surface area contributed by atoms with E-state index >= 15 is 0 Å². The summed E-state index contributed by atoms with van der Waals surface area (Å²) in [4.78, 5) is 12.6. The minimum atomic E-state index is -0.527. The molecule has 2 aliphatic heterocycles. The van der Waals surface area contributed by atoms with Gasteiger partial charge in [0.2, 0.25) is 6.79 Å². The summed E-state index contributed by atoms with van der Waals surface area (Å²) < 4.78 is 23.2. The van der Waals surface area contributed by atoms with E-state index in [0.29, 0.717) is 18.1 Å². The number of fused-ring (bicyclic) bond motifs is 2. The van der Waals surface area contributed by atoms with Gasteiger partial charge in [-0.25, -0.2) is 0 Å². The second-order valence-corrected chi connectivity index (χ2v) is 7.84. The normalized spacial score (nSPS) is 32.5. The fourth-order valence-electron chi connectivity index (χ4n) is 4.45. The molecule has 1 aromatic rings. The number of carbonyl (C=O) groups excluding carboxylic acids is 1. The zero-order chi connectivity index (χ0) is 17.8. The Bertz CT molecular complexity index is 696. The van der Waals surface area contributed by atoms with E-state index in [-0.39, 0.29) is 30.7 Å². The monoisotopic (exact) mass is 346 g/mol. The second-order valence-electron chi connectivity index (χ2n) is 7.84. The largest absolute Gasteiger partial charge is 0.454 e. The quantitative estimate of drug-likeness (QED) is 0.773. The molecule has 1 saturated heterocycles. The second kappa shape index (κ2) is 5.99. The highest BCUT2D eigenvalue weighted by Crippen LogP contribution is 2.48. The van der Waals surface area contributed by atoms with Crippen LogP contribution in [0.25, 0.3) is 0 Å². The smallest absolute Gasteiger partial charge is 0.231 e. The van der Waals surface area contributed by atoms with Crippen LogP contribution in [0.15, 0.2) is 12.1 Å². The van der Waals surface area contributed by atoms with Gasteiger partial charge >= 0.3 is 0 Å². The molecule has 0 aromatic heterocycles. The van der Waals surface area contributed by atoms with E-state index in [1.165, 1.54) is 0 Å². The fraction of sp³-hybridized carbons (Fsp3) is 0.650. The summed E-state index contributed by atoms with van der Waals surface area (Å²) in [6.45, 7) is 8.29. The van der Waals surface area contributed by atoms with Crippen LogP contribution in [-0.2, 0) is 9.47 Å². The van der Waals surface area contributed by atoms with Gasteiger partial charge in [0.1, 0.15) is 0 Å². The van der Waals surface area contributed by atoms with Crippen molar-refractivity contribution in [3.63, 3.8) is 0 Å². The van der Waals surface area contributed by atoms with Crippen LogP contribution in [0.1, 0.15) is 68.8 Å². The number of hydrogen-bond donors (Lipinski definition) is 0. The SMILES string of the molecule is CCC(=O)c1cc2c(cc1C1CC3OC(C)(C)OC3CC1C)OCO2. The molecule has 0 bridgehead atoms. The molecule has 5 heteroatoms. The van der Waals surface area contributed by atoms with Crippen molar-refractivity contribution in [3.8, 4) is 11.5 Å². The lowest BCUT2D eigenvalue weighted by molar-refractivity contribution is -0.145. The van der Waals surface area contributed by atoms with Crippen LogP contribution in [-0.4, -0.2) is 30.6 Å². The van der Waals surface area contributed by atoms with Crippen LogP contribution in [0.5, 0.6) is 11.5 Å². The standard InChI is InChI=1S/C20H26O5/c1-5-15(21)14-9-17-16(22-10-23-17)8-13(14)12-7-19-18(6-11(12)2)24-20(3,4)25-19/h8-9,11-12,18-19H,5-7,10H2,1-4H3. The Morgan fingerprint density at radius 1 is 1.12 bits per heavy atom. The van der Waals surface area contributed by atoms with Crippen LogP contribution < -0.4 is 9.47 Å². The van der Waals surface area contributed by atoms with Crippen molar-refractivity contribution in [1.29, 1.82) is 0 Å². The fourth-order valence-corrected chi connectivity index (χ4v) is 4.45. The van der Waals surface area contributed by atoms with Crippen molar-refractivity contribution in [2.45, 2.75) is 70.9 Å². The van der Waals surface area contributed by atoms with Crippen molar-refractivity contribution >= 4 is 5.78 Å². The molecule has 25 heavy (non-hydrogen) atoms. The van der Waals surface area contributed by atoms with Gasteiger partial charge in [0.15, 0.2) is 23.1 Å². The van der Waals surface area contributed by atoms with Crippen LogP contribution in [0.3, 0.4) is 0 Å². The molecule has 3 aliphatic rings. The minimum Gasteiger partial charge on any atom is -0.454 e. The molecule has 5 nitrogen and oxygen atoms in total. The third-order valence-electron chi connectivity index (χ3n) is 5.63. The molecule has 2 fully saturated rings. The molecule has 4 atom stereocenters. The van der Waals surface area contributed by atoms with Gasteiger partial charge in [0.25, 0.3) is 0 Å². The van der Waals surface area contributed by atoms with E-state index in [1.807, 2.05) is 32.9 Å². The summed E-state index contributed by atoms with van der Waals surface area (Å²) in [5.41, 5.74) is 1.83. The summed E-state index contributed by atoms with van der Waals surface area (Å²) in [6.07, 6.45) is 2.49. The van der Waals surface area contributed by atoms with Gasteiger partial charge in [-0.3, -0.25) is 4.79 Å². The van der Waals surface area contributed by atoms with Crippen LogP contribution in [0, 0.1) is 5.92 Å². The average molecular weight is 346 g/mol. The van der Waals surface area contributed by atoms with E-state index in [4.69, 9.17) is 18.9 Å². The summed E-state index contributed by atoms with van der Waals surface area (Å²) in [6, 6.07) is 3.87. The molecule has 136 valence electrons. The summed E-state index contributed by atoms with van der Waals surface area (Å²) in [7, 11) is 0. The van der Waals surface area contributed by atoms with Gasteiger partial charge in [-0.2, -0.15) is 0 Å². The van der Waals surface area contributed by atoms with E-state index in [1.54, 1.807) is 0 Å². The highest BCUT2D eigenvalue weighted by Gasteiger charge is 2.47. The van der Waals surface area contributed by atoms with Crippen molar-refractivity contribution in [2.24, 2.45) is 5.92 Å². The predicted molar refractivity (Wildman–Crippen MR) is 92.2 cm³/mol. The van der Waals surface area contributed by atoms with Crippen LogP contribution >= 0.6 is 0 Å². The van der Waals surface area contributed by atoms with Crippen molar-refractivity contribution in [2.75, 3.05) is 6.79 Å². The maximum Gasteiger partial charge on any atom is 0.231 e. The van der Waals surface area contributed by atoms with Gasteiger partial charge in [-0.05, 0) is 56.2 Å². The Balaban J connectivity index is 1.70. The summed E-state index contributed by atoms with van der Waals surface area (Å²) in [5.74, 6) is 1.68. The molecule has 1 aromatic carbocycles. The van der Waals surface area contributed by atoms with Crippen LogP contribution in [0.2, 0.25) is 0 Å². The number of hydrogen-bond acceptors (Lipinski definition) is 5. The Hall–Kier alpha value is -1.59. The molecule has 0 N–H and O–H groups in total. The summed E-state index contributed by atoms with van der Waals surface area (Å²) in [5, 5.41) is 0. The number of carbonyl (C=O) groups is 1. The third kappa shape index (κ3) is 2.93. The number of rotatable bonds is 3. The van der Waals surface area contributed by atoms with Crippen molar-refractivity contribution in [3.05, 3.63) is 23.3 Å². The number of Topliss-reactive ketones (excluding diaryl/α,β-unsaturated/α-hetero) is 1.